The standard InChI is InChI=1S/C17H24ClFN2O3/c1-24-16(22)21-10-4-8-17(23,12-5-3-9-20-11-12)13-6-2-7-14(19)15(13)18/h2,6-7,12,20,23H,3-5,8-11H2,1H3,(H,21,22). The SMILES string of the molecule is COC(=O)NCCCC(O)(c1cccc(F)c1Cl)C1CCCNC1. The van der Waals surface area contributed by atoms with Gasteiger partial charge in [-0.05, 0) is 38.3 Å². The third kappa shape index (κ3) is 4.37. The predicted octanol–water partition coefficient (Wildman–Crippen LogP) is 2.80. The van der Waals surface area contributed by atoms with Gasteiger partial charge in [0.15, 0.2) is 0 Å². The van der Waals surface area contributed by atoms with E-state index in [0.29, 0.717) is 31.5 Å². The molecule has 1 aromatic carbocycles. The van der Waals surface area contributed by atoms with Gasteiger partial charge in [0.2, 0.25) is 0 Å². The monoisotopic (exact) mass is 358 g/mol. The molecule has 1 aliphatic heterocycles. The van der Waals surface area contributed by atoms with Gasteiger partial charge in [0.05, 0.1) is 17.7 Å². The van der Waals surface area contributed by atoms with Crippen LogP contribution in [0.3, 0.4) is 0 Å². The molecule has 2 atom stereocenters. The summed E-state index contributed by atoms with van der Waals surface area (Å²) in [6, 6.07) is 4.52. The molecule has 3 N–H and O–H groups in total. The highest BCUT2D eigenvalue weighted by Crippen LogP contribution is 2.41. The summed E-state index contributed by atoms with van der Waals surface area (Å²) in [6.07, 6.45) is 2.16. The van der Waals surface area contributed by atoms with Crippen LogP contribution < -0.4 is 10.6 Å². The minimum absolute atomic E-state index is 0.0356. The summed E-state index contributed by atoms with van der Waals surface area (Å²) in [5.74, 6) is -0.604. The zero-order valence-electron chi connectivity index (χ0n) is 13.8. The highest BCUT2D eigenvalue weighted by Gasteiger charge is 2.40. The van der Waals surface area contributed by atoms with Crippen molar-refractivity contribution in [3.8, 4) is 0 Å². The summed E-state index contributed by atoms with van der Waals surface area (Å²) in [6.45, 7) is 1.92. The number of halogens is 2. The molecule has 1 aliphatic rings. The van der Waals surface area contributed by atoms with E-state index in [4.69, 9.17) is 11.6 Å². The number of nitrogens with one attached hydrogen (secondary N) is 2. The topological polar surface area (TPSA) is 70.6 Å². The van der Waals surface area contributed by atoms with Crippen molar-refractivity contribution in [3.63, 3.8) is 0 Å². The maximum Gasteiger partial charge on any atom is 0.406 e. The lowest BCUT2D eigenvalue weighted by Crippen LogP contribution is -2.45. The Kier molecular flexibility index (Phi) is 6.83. The van der Waals surface area contributed by atoms with E-state index in [9.17, 15) is 14.3 Å². The van der Waals surface area contributed by atoms with Gasteiger partial charge in [-0.25, -0.2) is 9.18 Å². The summed E-state index contributed by atoms with van der Waals surface area (Å²) in [5.41, 5.74) is -0.833. The maximum atomic E-state index is 13.9. The first-order valence-electron chi connectivity index (χ1n) is 8.18. The van der Waals surface area contributed by atoms with Crippen LogP contribution in [0.2, 0.25) is 5.02 Å². The third-order valence-corrected chi connectivity index (χ3v) is 4.96. The fraction of sp³-hybridized carbons (Fsp3) is 0.588. The molecular weight excluding hydrogens is 335 g/mol. The van der Waals surface area contributed by atoms with Gasteiger partial charge in [-0.1, -0.05) is 23.7 Å². The van der Waals surface area contributed by atoms with Crippen LogP contribution in [0.4, 0.5) is 9.18 Å². The van der Waals surface area contributed by atoms with E-state index in [-0.39, 0.29) is 10.9 Å². The van der Waals surface area contributed by atoms with Gasteiger partial charge in [-0.3, -0.25) is 0 Å². The molecule has 0 bridgehead atoms. The molecule has 0 spiro atoms. The number of aliphatic hydroxyl groups is 1. The second-order valence-electron chi connectivity index (χ2n) is 6.09. The van der Waals surface area contributed by atoms with Gasteiger partial charge in [0.25, 0.3) is 0 Å². The molecule has 24 heavy (non-hydrogen) atoms. The number of piperidine rings is 1. The van der Waals surface area contributed by atoms with Gasteiger partial charge in [-0.15, -0.1) is 0 Å². The second-order valence-corrected chi connectivity index (χ2v) is 6.47. The number of carbonyl (C=O) groups is 1. The fourth-order valence-electron chi connectivity index (χ4n) is 3.28. The lowest BCUT2D eigenvalue weighted by atomic mass is 9.74. The molecule has 1 heterocycles. The van der Waals surface area contributed by atoms with Crippen LogP contribution in [0.1, 0.15) is 31.2 Å². The Labute approximate surface area is 146 Å². The van der Waals surface area contributed by atoms with E-state index < -0.39 is 17.5 Å². The summed E-state index contributed by atoms with van der Waals surface area (Å²) in [5, 5.41) is 17.2. The number of alkyl carbamates (subject to hydrolysis) is 1. The van der Waals surface area contributed by atoms with E-state index in [1.165, 1.54) is 13.2 Å². The zero-order chi connectivity index (χ0) is 17.6. The summed E-state index contributed by atoms with van der Waals surface area (Å²) >= 11 is 6.14. The first kappa shape index (κ1) is 19.0. The quantitative estimate of drug-likeness (QED) is 0.684. The number of hydrogen-bond donors (Lipinski definition) is 3. The van der Waals surface area contributed by atoms with Crippen molar-refractivity contribution in [3.05, 3.63) is 34.6 Å². The molecule has 1 saturated heterocycles. The van der Waals surface area contributed by atoms with E-state index in [1.807, 2.05) is 0 Å². The van der Waals surface area contributed by atoms with Crippen molar-refractivity contribution in [1.29, 1.82) is 0 Å². The predicted molar refractivity (Wildman–Crippen MR) is 90.5 cm³/mol. The van der Waals surface area contributed by atoms with Crippen LogP contribution in [0.25, 0.3) is 0 Å². The molecule has 2 unspecified atom stereocenters. The molecule has 1 aromatic rings. The minimum Gasteiger partial charge on any atom is -0.453 e. The summed E-state index contributed by atoms with van der Waals surface area (Å²) in [7, 11) is 1.30. The number of ether oxygens (including phenoxy) is 1. The van der Waals surface area contributed by atoms with Crippen molar-refractivity contribution >= 4 is 17.7 Å². The largest absolute Gasteiger partial charge is 0.453 e. The molecule has 0 aromatic heterocycles. The molecular formula is C17H24ClFN2O3. The van der Waals surface area contributed by atoms with Crippen molar-refractivity contribution in [2.24, 2.45) is 5.92 Å². The number of carbonyl (C=O) groups excluding carboxylic acids is 1. The summed E-state index contributed by atoms with van der Waals surface area (Å²) in [4.78, 5) is 11.1. The van der Waals surface area contributed by atoms with Gasteiger partial charge >= 0.3 is 6.09 Å². The van der Waals surface area contributed by atoms with E-state index in [0.717, 1.165) is 19.4 Å². The normalized spacial score (nSPS) is 20.2. The fourth-order valence-corrected chi connectivity index (χ4v) is 3.57. The first-order chi connectivity index (χ1) is 11.5. The average molecular weight is 359 g/mol. The van der Waals surface area contributed by atoms with Crippen molar-refractivity contribution in [2.45, 2.75) is 31.3 Å². The number of amides is 1. The lowest BCUT2D eigenvalue weighted by molar-refractivity contribution is -0.0421. The minimum atomic E-state index is -1.25. The molecule has 0 radical (unpaired) electrons. The highest BCUT2D eigenvalue weighted by molar-refractivity contribution is 6.31. The number of hydrogen-bond acceptors (Lipinski definition) is 4. The smallest absolute Gasteiger partial charge is 0.406 e. The number of methoxy groups -OCH3 is 1. The van der Waals surface area contributed by atoms with Crippen LogP contribution >= 0.6 is 11.6 Å². The van der Waals surface area contributed by atoms with Crippen LogP contribution in [-0.4, -0.2) is 37.9 Å². The van der Waals surface area contributed by atoms with Crippen molar-refractivity contribution in [2.75, 3.05) is 26.7 Å². The number of benzene rings is 1. The Morgan fingerprint density at radius 1 is 1.58 bits per heavy atom. The number of rotatable bonds is 6. The average Bonchev–Trinajstić information content (AvgIpc) is 2.61. The van der Waals surface area contributed by atoms with Gasteiger partial charge in [-0.2, -0.15) is 0 Å². The van der Waals surface area contributed by atoms with Crippen molar-refractivity contribution in [1.82, 2.24) is 10.6 Å². The lowest BCUT2D eigenvalue weighted by Gasteiger charge is -2.40. The Bertz CT molecular complexity index is 567. The van der Waals surface area contributed by atoms with E-state index in [1.54, 1.807) is 12.1 Å². The van der Waals surface area contributed by atoms with Gasteiger partial charge in [0, 0.05) is 24.6 Å². The van der Waals surface area contributed by atoms with Crippen LogP contribution in [0, 0.1) is 11.7 Å². The molecule has 1 fully saturated rings. The molecule has 2 rings (SSSR count). The Hall–Kier alpha value is -1.37. The summed E-state index contributed by atoms with van der Waals surface area (Å²) < 4.78 is 18.4. The first-order valence-corrected chi connectivity index (χ1v) is 8.56. The van der Waals surface area contributed by atoms with Crippen LogP contribution in [0.5, 0.6) is 0 Å². The van der Waals surface area contributed by atoms with E-state index >= 15 is 0 Å². The highest BCUT2D eigenvalue weighted by atomic mass is 35.5. The van der Waals surface area contributed by atoms with Crippen LogP contribution in [0.15, 0.2) is 18.2 Å². The van der Waals surface area contributed by atoms with Gasteiger partial charge < -0.3 is 20.5 Å². The Balaban J connectivity index is 2.17. The Morgan fingerprint density at radius 3 is 3.04 bits per heavy atom. The molecule has 134 valence electrons. The molecule has 0 saturated carbocycles. The zero-order valence-corrected chi connectivity index (χ0v) is 14.5. The van der Waals surface area contributed by atoms with Gasteiger partial charge in [0.1, 0.15) is 5.82 Å². The Morgan fingerprint density at radius 2 is 2.38 bits per heavy atom. The maximum absolute atomic E-state index is 13.9. The van der Waals surface area contributed by atoms with Crippen LogP contribution in [-0.2, 0) is 10.3 Å². The van der Waals surface area contributed by atoms with E-state index in [2.05, 4.69) is 15.4 Å². The molecule has 0 aliphatic carbocycles. The molecule has 7 heteroatoms. The second kappa shape index (κ2) is 8.65. The molecule has 5 nitrogen and oxygen atoms in total. The third-order valence-electron chi connectivity index (χ3n) is 4.58. The van der Waals surface area contributed by atoms with Crippen molar-refractivity contribution < 1.29 is 19.0 Å². The molecule has 1 amide bonds.